The monoisotopic (exact) mass is 443 g/mol. The highest BCUT2D eigenvalue weighted by Crippen LogP contribution is 2.33. The second-order valence-electron chi connectivity index (χ2n) is 7.97. The van der Waals surface area contributed by atoms with Crippen molar-refractivity contribution in [2.24, 2.45) is 5.73 Å². The Hall–Kier alpha value is -3.96. The number of primary amides is 1. The van der Waals surface area contributed by atoms with Crippen molar-refractivity contribution in [3.63, 3.8) is 0 Å². The Bertz CT molecular complexity index is 1370. The zero-order valence-electron chi connectivity index (χ0n) is 17.9. The molecule has 0 atom stereocenters. The van der Waals surface area contributed by atoms with Crippen LogP contribution in [-0.2, 0) is 13.0 Å². The van der Waals surface area contributed by atoms with E-state index in [1.54, 1.807) is 41.2 Å². The molecule has 33 heavy (non-hydrogen) atoms. The molecule has 0 spiro atoms. The van der Waals surface area contributed by atoms with Crippen LogP contribution in [0.25, 0.3) is 16.9 Å². The van der Waals surface area contributed by atoms with Crippen LogP contribution in [0.4, 0.5) is 11.5 Å². The molecule has 1 amide bonds. The molecule has 11 heteroatoms. The second-order valence-corrected chi connectivity index (χ2v) is 7.97. The lowest BCUT2D eigenvalue weighted by atomic mass is 9.80. The first-order valence-electron chi connectivity index (χ1n) is 10.5. The zero-order chi connectivity index (χ0) is 23.1. The van der Waals surface area contributed by atoms with Crippen molar-refractivity contribution in [2.75, 3.05) is 23.8 Å². The lowest BCUT2D eigenvalue weighted by Crippen LogP contribution is -2.30. The number of hydrogen-bond donors (Lipinski definition) is 4. The second kappa shape index (κ2) is 8.19. The molecule has 0 radical (unpaired) electrons. The van der Waals surface area contributed by atoms with Crippen LogP contribution in [0, 0.1) is 0 Å². The van der Waals surface area contributed by atoms with Gasteiger partial charge in [-0.05, 0) is 23.2 Å². The summed E-state index contributed by atoms with van der Waals surface area (Å²) in [6.45, 7) is 1.25. The SMILES string of the molecule is CN1CCc2nc(-n3ncc4c(C(N)=O)cccc43)nc(NCc3cccc(B(O)O)c3)c21. The molecule has 0 aliphatic carbocycles. The quantitative estimate of drug-likeness (QED) is 0.310. The van der Waals surface area contributed by atoms with Crippen molar-refractivity contribution in [3.05, 3.63) is 65.5 Å². The maximum Gasteiger partial charge on any atom is 0.488 e. The highest BCUT2D eigenvalue weighted by atomic mass is 16.4. The third kappa shape index (κ3) is 3.77. The van der Waals surface area contributed by atoms with Crippen LogP contribution in [0.1, 0.15) is 21.6 Å². The van der Waals surface area contributed by atoms with Gasteiger partial charge in [-0.2, -0.15) is 14.8 Å². The van der Waals surface area contributed by atoms with E-state index in [9.17, 15) is 14.8 Å². The zero-order valence-corrected chi connectivity index (χ0v) is 17.9. The molecule has 10 nitrogen and oxygen atoms in total. The van der Waals surface area contributed by atoms with Gasteiger partial charge in [0.15, 0.2) is 5.82 Å². The number of aromatic nitrogens is 4. The minimum absolute atomic E-state index is 0.391. The fraction of sp³-hybridized carbons (Fsp3) is 0.182. The van der Waals surface area contributed by atoms with Crippen LogP contribution in [0.15, 0.2) is 48.7 Å². The molecule has 0 fully saturated rings. The molecule has 0 saturated heterocycles. The fourth-order valence-electron chi connectivity index (χ4n) is 4.14. The van der Waals surface area contributed by atoms with E-state index in [4.69, 9.17) is 15.7 Å². The van der Waals surface area contributed by atoms with Crippen LogP contribution in [0.2, 0.25) is 0 Å². The first-order valence-corrected chi connectivity index (χ1v) is 10.5. The Kier molecular flexibility index (Phi) is 5.19. The minimum Gasteiger partial charge on any atom is -0.423 e. The van der Waals surface area contributed by atoms with Gasteiger partial charge in [-0.15, -0.1) is 0 Å². The Morgan fingerprint density at radius 3 is 2.82 bits per heavy atom. The molecule has 1 aliphatic rings. The molecular weight excluding hydrogens is 421 g/mol. The molecule has 166 valence electrons. The Morgan fingerprint density at radius 2 is 2.03 bits per heavy atom. The summed E-state index contributed by atoms with van der Waals surface area (Å²) in [6.07, 6.45) is 2.37. The molecule has 2 aromatic heterocycles. The first kappa shape index (κ1) is 20.9. The molecule has 4 aromatic rings. The van der Waals surface area contributed by atoms with Gasteiger partial charge in [0.1, 0.15) is 5.69 Å². The highest BCUT2D eigenvalue weighted by Gasteiger charge is 2.25. The minimum atomic E-state index is -1.52. The standard InChI is InChI=1S/C22H22BN7O3/c1-29-9-8-17-19(29)21(25-11-13-4-2-5-14(10-13)23(32)33)28-22(27-17)30-18-7-3-6-15(20(24)31)16(18)12-26-30/h2-7,10,12,32-33H,8-9,11H2,1H3,(H2,24,31)(H,25,27,28). The average Bonchev–Trinajstić information content (AvgIpc) is 3.41. The van der Waals surface area contributed by atoms with Gasteiger partial charge < -0.3 is 26.0 Å². The summed E-state index contributed by atoms with van der Waals surface area (Å²) in [4.78, 5) is 23.4. The van der Waals surface area contributed by atoms with Crippen molar-refractivity contribution >= 4 is 40.9 Å². The van der Waals surface area contributed by atoms with E-state index in [-0.39, 0.29) is 0 Å². The van der Waals surface area contributed by atoms with E-state index < -0.39 is 13.0 Å². The predicted molar refractivity (Wildman–Crippen MR) is 126 cm³/mol. The number of carbonyl (C=O) groups is 1. The van der Waals surface area contributed by atoms with Crippen LogP contribution in [0.5, 0.6) is 0 Å². The van der Waals surface area contributed by atoms with Crippen molar-refractivity contribution in [2.45, 2.75) is 13.0 Å². The Balaban J connectivity index is 1.55. The van der Waals surface area contributed by atoms with Crippen LogP contribution in [-0.4, -0.2) is 56.4 Å². The number of nitrogens with two attached hydrogens (primary N) is 1. The van der Waals surface area contributed by atoms with Gasteiger partial charge in [-0.1, -0.05) is 30.3 Å². The summed E-state index contributed by atoms with van der Waals surface area (Å²) in [5.74, 6) is 0.525. The normalized spacial score (nSPS) is 12.8. The third-order valence-corrected chi connectivity index (χ3v) is 5.79. The summed E-state index contributed by atoms with van der Waals surface area (Å²) in [7, 11) is 0.468. The number of anilines is 2. The maximum absolute atomic E-state index is 11.8. The molecule has 1 aliphatic heterocycles. The Labute approximate surface area is 189 Å². The molecule has 0 saturated carbocycles. The van der Waals surface area contributed by atoms with Gasteiger partial charge >= 0.3 is 7.12 Å². The lowest BCUT2D eigenvalue weighted by molar-refractivity contribution is 0.100. The van der Waals surface area contributed by atoms with Crippen molar-refractivity contribution in [1.29, 1.82) is 0 Å². The molecule has 5 rings (SSSR count). The van der Waals surface area contributed by atoms with Gasteiger partial charge in [-0.25, -0.2) is 4.98 Å². The number of hydrogen-bond acceptors (Lipinski definition) is 8. The summed E-state index contributed by atoms with van der Waals surface area (Å²) in [5, 5.41) is 27.3. The van der Waals surface area contributed by atoms with Crippen molar-refractivity contribution in [3.8, 4) is 5.95 Å². The van der Waals surface area contributed by atoms with E-state index in [1.165, 1.54) is 0 Å². The van der Waals surface area contributed by atoms with E-state index in [0.717, 1.165) is 29.9 Å². The van der Waals surface area contributed by atoms with E-state index >= 15 is 0 Å². The number of likely N-dealkylation sites (N-methyl/N-ethyl adjacent to an activating group) is 1. The fourth-order valence-corrected chi connectivity index (χ4v) is 4.14. The van der Waals surface area contributed by atoms with Crippen molar-refractivity contribution in [1.82, 2.24) is 19.7 Å². The number of nitrogens with zero attached hydrogens (tertiary/aromatic N) is 5. The molecular formula is C22H22BN7O3. The van der Waals surface area contributed by atoms with Gasteiger partial charge in [0.05, 0.1) is 23.0 Å². The maximum atomic E-state index is 11.8. The third-order valence-electron chi connectivity index (χ3n) is 5.79. The summed E-state index contributed by atoms with van der Waals surface area (Å²) in [5.41, 5.74) is 9.72. The van der Waals surface area contributed by atoms with Crippen LogP contribution < -0.4 is 21.4 Å². The summed E-state index contributed by atoms with van der Waals surface area (Å²) in [6, 6.07) is 12.3. The Morgan fingerprint density at radius 1 is 1.21 bits per heavy atom. The molecule has 0 bridgehead atoms. The summed E-state index contributed by atoms with van der Waals surface area (Å²) >= 11 is 0. The first-order chi connectivity index (χ1) is 15.9. The summed E-state index contributed by atoms with van der Waals surface area (Å²) < 4.78 is 1.61. The number of amides is 1. The number of nitrogens with one attached hydrogen (secondary N) is 1. The molecule has 2 aromatic carbocycles. The van der Waals surface area contributed by atoms with Crippen LogP contribution >= 0.6 is 0 Å². The molecule has 0 unspecified atom stereocenters. The van der Waals surface area contributed by atoms with E-state index in [1.807, 2.05) is 19.2 Å². The van der Waals surface area contributed by atoms with E-state index in [2.05, 4.69) is 15.3 Å². The topological polar surface area (TPSA) is 142 Å². The number of rotatable bonds is 6. The van der Waals surface area contributed by atoms with Gasteiger partial charge in [-0.3, -0.25) is 4.79 Å². The van der Waals surface area contributed by atoms with Crippen LogP contribution in [0.3, 0.4) is 0 Å². The lowest BCUT2D eigenvalue weighted by Gasteiger charge is -2.18. The number of fused-ring (bicyclic) bond motifs is 2. The van der Waals surface area contributed by atoms with Crippen molar-refractivity contribution < 1.29 is 14.8 Å². The average molecular weight is 443 g/mol. The van der Waals surface area contributed by atoms with Gasteiger partial charge in [0.2, 0.25) is 5.91 Å². The van der Waals surface area contributed by atoms with Gasteiger partial charge in [0.25, 0.3) is 5.95 Å². The highest BCUT2D eigenvalue weighted by molar-refractivity contribution is 6.58. The van der Waals surface area contributed by atoms with E-state index in [0.29, 0.717) is 40.2 Å². The van der Waals surface area contributed by atoms with Gasteiger partial charge in [0, 0.05) is 31.9 Å². The number of benzene rings is 2. The largest absolute Gasteiger partial charge is 0.488 e. The predicted octanol–water partition coefficient (Wildman–Crippen LogP) is 0.199. The molecule has 3 heterocycles. The smallest absolute Gasteiger partial charge is 0.423 e. The number of carbonyl (C=O) groups excluding carboxylic acids is 1. The molecule has 5 N–H and O–H groups in total.